The summed E-state index contributed by atoms with van der Waals surface area (Å²) in [7, 11) is 2.11. The van der Waals surface area contributed by atoms with Gasteiger partial charge in [-0.05, 0) is 38.1 Å². The lowest BCUT2D eigenvalue weighted by Crippen LogP contribution is -2.33. The van der Waals surface area contributed by atoms with E-state index in [2.05, 4.69) is 26.2 Å². The van der Waals surface area contributed by atoms with Crippen LogP contribution in [0.25, 0.3) is 0 Å². The van der Waals surface area contributed by atoms with Crippen LogP contribution in [0.15, 0.2) is 0 Å². The minimum atomic E-state index is 0.661. The van der Waals surface area contributed by atoms with E-state index >= 15 is 0 Å². The predicted octanol–water partition coefficient (Wildman–Crippen LogP) is 3.22. The second-order valence-corrected chi connectivity index (χ2v) is 5.55. The van der Waals surface area contributed by atoms with Gasteiger partial charge in [0.2, 0.25) is 0 Å². The Labute approximate surface area is 101 Å². The third kappa shape index (κ3) is 5.31. The molecule has 96 valence electrons. The van der Waals surface area contributed by atoms with Crippen LogP contribution in [0.2, 0.25) is 0 Å². The standard InChI is InChI=1S/C14H29NO/c1-12(2)11-16-10-9-13-7-5-4-6-8-14(13)15-3/h12-15H,4-11H2,1-3H3. The van der Waals surface area contributed by atoms with Crippen molar-refractivity contribution in [3.8, 4) is 0 Å². The van der Waals surface area contributed by atoms with E-state index in [1.807, 2.05) is 0 Å². The summed E-state index contributed by atoms with van der Waals surface area (Å²) in [5.41, 5.74) is 0. The van der Waals surface area contributed by atoms with Crippen LogP contribution in [0.1, 0.15) is 52.4 Å². The van der Waals surface area contributed by atoms with E-state index in [0.717, 1.165) is 25.2 Å². The Bertz CT molecular complexity index is 170. The fourth-order valence-electron chi connectivity index (χ4n) is 2.66. The largest absolute Gasteiger partial charge is 0.381 e. The van der Waals surface area contributed by atoms with E-state index in [9.17, 15) is 0 Å². The van der Waals surface area contributed by atoms with Crippen molar-refractivity contribution in [3.05, 3.63) is 0 Å². The molecule has 0 amide bonds. The zero-order chi connectivity index (χ0) is 11.8. The minimum Gasteiger partial charge on any atom is -0.381 e. The summed E-state index contributed by atoms with van der Waals surface area (Å²) in [6, 6.07) is 0.727. The molecule has 2 atom stereocenters. The molecule has 2 unspecified atom stereocenters. The maximum Gasteiger partial charge on any atom is 0.0488 e. The molecule has 0 aromatic carbocycles. The molecular formula is C14H29NO. The van der Waals surface area contributed by atoms with E-state index in [1.165, 1.54) is 38.5 Å². The first-order valence-corrected chi connectivity index (χ1v) is 6.99. The summed E-state index contributed by atoms with van der Waals surface area (Å²) in [5.74, 6) is 1.49. The lowest BCUT2D eigenvalue weighted by molar-refractivity contribution is 0.0922. The summed E-state index contributed by atoms with van der Waals surface area (Å²) in [6.07, 6.45) is 8.20. The number of hydrogen-bond acceptors (Lipinski definition) is 2. The third-order valence-electron chi connectivity index (χ3n) is 3.61. The van der Waals surface area contributed by atoms with Crippen LogP contribution in [0.5, 0.6) is 0 Å². The molecule has 2 heteroatoms. The van der Waals surface area contributed by atoms with Crippen molar-refractivity contribution >= 4 is 0 Å². The van der Waals surface area contributed by atoms with Gasteiger partial charge in [0.05, 0.1) is 0 Å². The van der Waals surface area contributed by atoms with Crippen molar-refractivity contribution in [2.75, 3.05) is 20.3 Å². The van der Waals surface area contributed by atoms with Gasteiger partial charge in [-0.15, -0.1) is 0 Å². The van der Waals surface area contributed by atoms with Crippen molar-refractivity contribution < 1.29 is 4.74 Å². The molecule has 1 aliphatic carbocycles. The summed E-state index contributed by atoms with van der Waals surface area (Å²) >= 11 is 0. The Kier molecular flexibility index (Phi) is 7.06. The van der Waals surface area contributed by atoms with Gasteiger partial charge in [-0.25, -0.2) is 0 Å². The van der Waals surface area contributed by atoms with E-state index in [1.54, 1.807) is 0 Å². The van der Waals surface area contributed by atoms with Crippen molar-refractivity contribution in [3.63, 3.8) is 0 Å². The number of ether oxygens (including phenoxy) is 1. The zero-order valence-electron chi connectivity index (χ0n) is 11.3. The van der Waals surface area contributed by atoms with Gasteiger partial charge in [0.1, 0.15) is 0 Å². The maximum absolute atomic E-state index is 5.70. The Balaban J connectivity index is 2.20. The monoisotopic (exact) mass is 227 g/mol. The second kappa shape index (κ2) is 8.08. The normalized spacial score (nSPS) is 27.0. The van der Waals surface area contributed by atoms with Crippen molar-refractivity contribution in [1.82, 2.24) is 5.32 Å². The van der Waals surface area contributed by atoms with Crippen molar-refractivity contribution in [1.29, 1.82) is 0 Å². The second-order valence-electron chi connectivity index (χ2n) is 5.55. The average Bonchev–Trinajstić information content (AvgIpc) is 2.48. The molecule has 0 saturated heterocycles. The molecule has 1 aliphatic rings. The van der Waals surface area contributed by atoms with Gasteiger partial charge >= 0.3 is 0 Å². The number of hydrogen-bond donors (Lipinski definition) is 1. The molecule has 0 aromatic heterocycles. The molecule has 2 nitrogen and oxygen atoms in total. The van der Waals surface area contributed by atoms with Crippen LogP contribution in [-0.4, -0.2) is 26.3 Å². The summed E-state index contributed by atoms with van der Waals surface area (Å²) < 4.78 is 5.70. The van der Waals surface area contributed by atoms with Crippen LogP contribution in [-0.2, 0) is 4.74 Å². The van der Waals surface area contributed by atoms with Gasteiger partial charge in [0.25, 0.3) is 0 Å². The van der Waals surface area contributed by atoms with Crippen LogP contribution in [0.4, 0.5) is 0 Å². The quantitative estimate of drug-likeness (QED) is 0.556. The number of nitrogens with one attached hydrogen (secondary N) is 1. The molecule has 1 fully saturated rings. The highest BCUT2D eigenvalue weighted by Gasteiger charge is 2.21. The Hall–Kier alpha value is -0.0800. The maximum atomic E-state index is 5.70. The van der Waals surface area contributed by atoms with Crippen LogP contribution >= 0.6 is 0 Å². The molecule has 0 radical (unpaired) electrons. The molecule has 0 bridgehead atoms. The summed E-state index contributed by atoms with van der Waals surface area (Å²) in [5, 5.41) is 3.49. The highest BCUT2D eigenvalue weighted by molar-refractivity contribution is 4.78. The molecule has 0 aromatic rings. The molecule has 0 aliphatic heterocycles. The summed E-state index contributed by atoms with van der Waals surface area (Å²) in [4.78, 5) is 0. The van der Waals surface area contributed by atoms with Gasteiger partial charge in [0.15, 0.2) is 0 Å². The minimum absolute atomic E-state index is 0.661. The smallest absolute Gasteiger partial charge is 0.0488 e. The highest BCUT2D eigenvalue weighted by Crippen LogP contribution is 2.25. The van der Waals surface area contributed by atoms with Gasteiger partial charge in [-0.2, -0.15) is 0 Å². The first-order valence-electron chi connectivity index (χ1n) is 6.99. The lowest BCUT2D eigenvalue weighted by atomic mass is 9.92. The average molecular weight is 227 g/mol. The van der Waals surface area contributed by atoms with Gasteiger partial charge in [-0.1, -0.05) is 33.1 Å². The fourth-order valence-corrected chi connectivity index (χ4v) is 2.66. The summed E-state index contributed by atoms with van der Waals surface area (Å²) in [6.45, 7) is 6.28. The molecule has 1 N–H and O–H groups in total. The fraction of sp³-hybridized carbons (Fsp3) is 1.00. The molecule has 16 heavy (non-hydrogen) atoms. The Morgan fingerprint density at radius 3 is 2.62 bits per heavy atom. The molecule has 0 spiro atoms. The molecule has 1 saturated carbocycles. The van der Waals surface area contributed by atoms with Crippen LogP contribution in [0.3, 0.4) is 0 Å². The van der Waals surface area contributed by atoms with Gasteiger partial charge in [0, 0.05) is 19.3 Å². The van der Waals surface area contributed by atoms with E-state index in [4.69, 9.17) is 4.74 Å². The molecule has 0 heterocycles. The molecule has 1 rings (SSSR count). The van der Waals surface area contributed by atoms with Crippen LogP contribution in [0, 0.1) is 11.8 Å². The SMILES string of the molecule is CNC1CCCCCC1CCOCC(C)C. The first kappa shape index (κ1) is 14.0. The topological polar surface area (TPSA) is 21.3 Å². The van der Waals surface area contributed by atoms with Crippen LogP contribution < -0.4 is 5.32 Å². The van der Waals surface area contributed by atoms with Gasteiger partial charge in [-0.3, -0.25) is 0 Å². The van der Waals surface area contributed by atoms with E-state index in [0.29, 0.717) is 5.92 Å². The van der Waals surface area contributed by atoms with E-state index in [-0.39, 0.29) is 0 Å². The third-order valence-corrected chi connectivity index (χ3v) is 3.61. The highest BCUT2D eigenvalue weighted by atomic mass is 16.5. The Morgan fingerprint density at radius 1 is 1.19 bits per heavy atom. The molecular weight excluding hydrogens is 198 g/mol. The zero-order valence-corrected chi connectivity index (χ0v) is 11.3. The van der Waals surface area contributed by atoms with Crippen molar-refractivity contribution in [2.24, 2.45) is 11.8 Å². The number of rotatable bonds is 6. The van der Waals surface area contributed by atoms with Crippen molar-refractivity contribution in [2.45, 2.75) is 58.4 Å². The van der Waals surface area contributed by atoms with E-state index < -0.39 is 0 Å². The predicted molar refractivity (Wildman–Crippen MR) is 69.7 cm³/mol. The Morgan fingerprint density at radius 2 is 1.94 bits per heavy atom. The van der Waals surface area contributed by atoms with Gasteiger partial charge < -0.3 is 10.1 Å². The lowest BCUT2D eigenvalue weighted by Gasteiger charge is -2.24. The first-order chi connectivity index (χ1) is 7.74.